The average Bonchev–Trinajstić information content (AvgIpc) is 2.53. The molecule has 0 aromatic heterocycles. The lowest BCUT2D eigenvalue weighted by Crippen LogP contribution is -2.25. The lowest BCUT2D eigenvalue weighted by molar-refractivity contribution is 0.282. The Morgan fingerprint density at radius 3 is 2.10 bits per heavy atom. The molecule has 2 aromatic carbocycles. The van der Waals surface area contributed by atoms with Gasteiger partial charge >= 0.3 is 0 Å². The molecule has 0 aliphatic rings. The summed E-state index contributed by atoms with van der Waals surface area (Å²) in [6, 6.07) is 15.8. The highest BCUT2D eigenvalue weighted by molar-refractivity contribution is 5.26. The summed E-state index contributed by atoms with van der Waals surface area (Å²) < 4.78 is 0. The van der Waals surface area contributed by atoms with Gasteiger partial charge in [0.1, 0.15) is 5.75 Å². The third kappa shape index (κ3) is 5.21. The van der Waals surface area contributed by atoms with Gasteiger partial charge in [-0.2, -0.15) is 0 Å². The monoisotopic (exact) mass is 285 g/mol. The molecule has 112 valence electrons. The predicted molar refractivity (Wildman–Crippen MR) is 85.1 cm³/mol. The van der Waals surface area contributed by atoms with Crippen LogP contribution in [0.2, 0.25) is 0 Å². The van der Waals surface area contributed by atoms with Gasteiger partial charge in [0.2, 0.25) is 0 Å². The molecule has 0 amide bonds. The number of nitrogens with one attached hydrogen (secondary N) is 1. The van der Waals surface area contributed by atoms with Crippen molar-refractivity contribution in [1.82, 2.24) is 5.32 Å². The minimum atomic E-state index is 0.0940. The molecule has 0 saturated heterocycles. The molecule has 2 aromatic rings. The van der Waals surface area contributed by atoms with E-state index in [1.807, 2.05) is 36.4 Å². The van der Waals surface area contributed by atoms with Gasteiger partial charge in [-0.05, 0) is 48.6 Å². The largest absolute Gasteiger partial charge is 0.508 e. The van der Waals surface area contributed by atoms with Crippen LogP contribution in [-0.2, 0) is 19.6 Å². The fraction of sp³-hybridized carbons (Fsp3) is 0.333. The van der Waals surface area contributed by atoms with Gasteiger partial charge in [-0.3, -0.25) is 0 Å². The Morgan fingerprint density at radius 1 is 0.905 bits per heavy atom. The summed E-state index contributed by atoms with van der Waals surface area (Å²) in [5.74, 6) is 0.316. The van der Waals surface area contributed by atoms with E-state index >= 15 is 0 Å². The van der Waals surface area contributed by atoms with E-state index in [1.165, 1.54) is 11.1 Å². The van der Waals surface area contributed by atoms with E-state index < -0.39 is 0 Å². The molecular formula is C18H23NO2. The number of hydrogen-bond donors (Lipinski definition) is 3. The molecule has 0 heterocycles. The standard InChI is InChI=1S/C18H23NO2/c1-14(2-3-15-8-10-18(21)11-9-15)19-12-16-4-6-17(13-20)7-5-16/h4-11,14,19-21H,2-3,12-13H2,1H3. The fourth-order valence-corrected chi connectivity index (χ4v) is 2.20. The van der Waals surface area contributed by atoms with Crippen LogP contribution in [0.4, 0.5) is 0 Å². The first-order chi connectivity index (χ1) is 10.2. The van der Waals surface area contributed by atoms with Crippen molar-refractivity contribution in [2.75, 3.05) is 0 Å². The normalized spacial score (nSPS) is 12.3. The first-order valence-corrected chi connectivity index (χ1v) is 7.37. The molecule has 2 rings (SSSR count). The Kier molecular flexibility index (Phi) is 5.78. The van der Waals surface area contributed by atoms with E-state index in [1.54, 1.807) is 12.1 Å². The van der Waals surface area contributed by atoms with Crippen molar-refractivity contribution in [2.24, 2.45) is 0 Å². The molecule has 0 saturated carbocycles. The summed E-state index contributed by atoms with van der Waals surface area (Å²) in [6.07, 6.45) is 2.05. The second-order valence-corrected chi connectivity index (χ2v) is 5.46. The molecule has 0 aliphatic heterocycles. The molecule has 0 bridgehead atoms. The van der Waals surface area contributed by atoms with Crippen molar-refractivity contribution < 1.29 is 10.2 Å². The predicted octanol–water partition coefficient (Wildman–Crippen LogP) is 3.00. The maximum absolute atomic E-state index is 9.25. The van der Waals surface area contributed by atoms with Crippen LogP contribution < -0.4 is 5.32 Å². The average molecular weight is 285 g/mol. The topological polar surface area (TPSA) is 52.5 Å². The van der Waals surface area contributed by atoms with Crippen LogP contribution in [0.5, 0.6) is 5.75 Å². The SMILES string of the molecule is CC(CCc1ccc(O)cc1)NCc1ccc(CO)cc1. The third-order valence-electron chi connectivity index (χ3n) is 3.66. The molecule has 3 nitrogen and oxygen atoms in total. The van der Waals surface area contributed by atoms with Crippen molar-refractivity contribution in [3.63, 3.8) is 0 Å². The number of aliphatic hydroxyl groups excluding tert-OH is 1. The smallest absolute Gasteiger partial charge is 0.115 e. The molecule has 0 aliphatic carbocycles. The summed E-state index contributed by atoms with van der Waals surface area (Å²) in [5, 5.41) is 21.8. The quantitative estimate of drug-likeness (QED) is 0.733. The summed E-state index contributed by atoms with van der Waals surface area (Å²) in [7, 11) is 0. The van der Waals surface area contributed by atoms with E-state index in [0.717, 1.165) is 24.9 Å². The van der Waals surface area contributed by atoms with E-state index in [4.69, 9.17) is 5.11 Å². The van der Waals surface area contributed by atoms with Crippen LogP contribution in [0.15, 0.2) is 48.5 Å². The van der Waals surface area contributed by atoms with Gasteiger partial charge in [-0.1, -0.05) is 36.4 Å². The number of phenols is 1. The zero-order chi connectivity index (χ0) is 15.1. The molecule has 1 unspecified atom stereocenters. The Hall–Kier alpha value is -1.84. The minimum Gasteiger partial charge on any atom is -0.508 e. The maximum atomic E-state index is 9.25. The van der Waals surface area contributed by atoms with Crippen molar-refractivity contribution in [1.29, 1.82) is 0 Å². The van der Waals surface area contributed by atoms with Gasteiger partial charge in [-0.25, -0.2) is 0 Å². The Morgan fingerprint density at radius 2 is 1.48 bits per heavy atom. The highest BCUT2D eigenvalue weighted by atomic mass is 16.3. The molecule has 0 spiro atoms. The summed E-state index contributed by atoms with van der Waals surface area (Å²) in [6.45, 7) is 3.11. The van der Waals surface area contributed by atoms with Crippen LogP contribution in [0.25, 0.3) is 0 Å². The zero-order valence-electron chi connectivity index (χ0n) is 12.4. The number of phenolic OH excluding ortho intramolecular Hbond substituents is 1. The highest BCUT2D eigenvalue weighted by Gasteiger charge is 2.03. The van der Waals surface area contributed by atoms with Gasteiger partial charge in [-0.15, -0.1) is 0 Å². The summed E-state index contributed by atoms with van der Waals surface area (Å²) >= 11 is 0. The van der Waals surface area contributed by atoms with Crippen molar-refractivity contribution in [3.05, 3.63) is 65.2 Å². The minimum absolute atomic E-state index is 0.0940. The molecule has 1 atom stereocenters. The lowest BCUT2D eigenvalue weighted by atomic mass is 10.1. The van der Waals surface area contributed by atoms with Gasteiger partial charge in [0.05, 0.1) is 6.61 Å². The fourth-order valence-electron chi connectivity index (χ4n) is 2.20. The molecule has 3 heteroatoms. The van der Waals surface area contributed by atoms with Crippen molar-refractivity contribution in [3.8, 4) is 5.75 Å². The molecule has 3 N–H and O–H groups in total. The van der Waals surface area contributed by atoms with Gasteiger partial charge in [0.25, 0.3) is 0 Å². The number of rotatable bonds is 7. The van der Waals surface area contributed by atoms with Crippen LogP contribution in [0.3, 0.4) is 0 Å². The van der Waals surface area contributed by atoms with Crippen LogP contribution in [0, 0.1) is 0 Å². The van der Waals surface area contributed by atoms with Gasteiger partial charge in [0.15, 0.2) is 0 Å². The Labute approximate surface area is 126 Å². The second-order valence-electron chi connectivity index (χ2n) is 5.46. The molecule has 0 fully saturated rings. The third-order valence-corrected chi connectivity index (χ3v) is 3.66. The molecule has 21 heavy (non-hydrogen) atoms. The Balaban J connectivity index is 1.73. The Bertz CT molecular complexity index is 534. The lowest BCUT2D eigenvalue weighted by Gasteiger charge is -2.14. The molecular weight excluding hydrogens is 262 g/mol. The maximum Gasteiger partial charge on any atom is 0.115 e. The van der Waals surface area contributed by atoms with E-state index in [0.29, 0.717) is 11.8 Å². The number of aromatic hydroxyl groups is 1. The molecule has 0 radical (unpaired) electrons. The summed E-state index contributed by atoms with van der Waals surface area (Å²) in [4.78, 5) is 0. The van der Waals surface area contributed by atoms with Crippen molar-refractivity contribution in [2.45, 2.75) is 39.0 Å². The first-order valence-electron chi connectivity index (χ1n) is 7.37. The van der Waals surface area contributed by atoms with Gasteiger partial charge < -0.3 is 15.5 Å². The zero-order valence-corrected chi connectivity index (χ0v) is 12.4. The van der Waals surface area contributed by atoms with Crippen LogP contribution >= 0.6 is 0 Å². The van der Waals surface area contributed by atoms with E-state index in [9.17, 15) is 5.11 Å². The number of aliphatic hydroxyl groups is 1. The summed E-state index contributed by atoms with van der Waals surface area (Å²) in [5.41, 5.74) is 3.41. The number of benzene rings is 2. The number of aryl methyl sites for hydroxylation is 1. The van der Waals surface area contributed by atoms with E-state index in [-0.39, 0.29) is 6.61 Å². The second kappa shape index (κ2) is 7.81. The van der Waals surface area contributed by atoms with Crippen LogP contribution in [-0.4, -0.2) is 16.3 Å². The highest BCUT2D eigenvalue weighted by Crippen LogP contribution is 2.12. The van der Waals surface area contributed by atoms with Gasteiger partial charge in [0, 0.05) is 12.6 Å². The van der Waals surface area contributed by atoms with Crippen molar-refractivity contribution >= 4 is 0 Å². The number of hydrogen-bond acceptors (Lipinski definition) is 3. The van der Waals surface area contributed by atoms with E-state index in [2.05, 4.69) is 12.2 Å². The first kappa shape index (κ1) is 15.5. The van der Waals surface area contributed by atoms with Crippen LogP contribution in [0.1, 0.15) is 30.0 Å².